The van der Waals surface area contributed by atoms with Gasteiger partial charge in [0.15, 0.2) is 9.75 Å². The summed E-state index contributed by atoms with van der Waals surface area (Å²) in [5.41, 5.74) is 2.46. The highest BCUT2D eigenvalue weighted by Gasteiger charge is 2.76. The van der Waals surface area contributed by atoms with E-state index >= 15 is 0 Å². The number of alkyl halides is 2. The fourth-order valence-corrected chi connectivity index (χ4v) is 8.24. The van der Waals surface area contributed by atoms with E-state index in [9.17, 15) is 28.7 Å². The number of carbonyl (C=O) groups is 4. The predicted octanol–water partition coefficient (Wildman–Crippen LogP) is 4.73. The molecule has 1 saturated carbocycles. The number of hydrogen-bond acceptors (Lipinski definition) is 5. The number of rotatable bonds is 3. The maximum Gasteiger partial charge on any atom is 0.258 e. The van der Waals surface area contributed by atoms with Gasteiger partial charge in [-0.1, -0.05) is 23.8 Å². The Morgan fingerprint density at radius 3 is 2.20 bits per heavy atom. The van der Waals surface area contributed by atoms with Crippen LogP contribution in [0, 0.1) is 37.4 Å². The van der Waals surface area contributed by atoms with Gasteiger partial charge in [0.2, 0.25) is 11.8 Å². The minimum atomic E-state index is -2.00. The molecule has 4 aliphatic rings. The number of imide groups is 2. The monoisotopic (exact) mass is 584 g/mol. The summed E-state index contributed by atoms with van der Waals surface area (Å²) in [6.07, 6.45) is 2.03. The quantitative estimate of drug-likeness (QED) is 0.320. The van der Waals surface area contributed by atoms with Crippen LogP contribution in [0.15, 0.2) is 48.0 Å². The van der Waals surface area contributed by atoms with Crippen LogP contribution >= 0.6 is 23.2 Å². The lowest BCUT2D eigenvalue weighted by Crippen LogP contribution is -2.60. The van der Waals surface area contributed by atoms with Crippen molar-refractivity contribution in [2.75, 3.05) is 11.4 Å². The lowest BCUT2D eigenvalue weighted by molar-refractivity contribution is -0.140. The van der Waals surface area contributed by atoms with Gasteiger partial charge in [-0.05, 0) is 80.5 Å². The Morgan fingerprint density at radius 2 is 1.60 bits per heavy atom. The average Bonchev–Trinajstić information content (AvgIpc) is 3.25. The van der Waals surface area contributed by atoms with Crippen molar-refractivity contribution >= 4 is 52.5 Å². The van der Waals surface area contributed by atoms with Crippen LogP contribution in [0.2, 0.25) is 0 Å². The Bertz CT molecular complexity index is 1520. The smallest absolute Gasteiger partial charge is 0.258 e. The molecule has 10 heteroatoms. The van der Waals surface area contributed by atoms with Crippen LogP contribution in [0.1, 0.15) is 42.4 Å². The number of allylic oxidation sites excluding steroid dienone is 2. The molecule has 208 valence electrons. The summed E-state index contributed by atoms with van der Waals surface area (Å²) in [4.78, 5) is 53.3. The summed E-state index contributed by atoms with van der Waals surface area (Å²) in [7, 11) is 0. The highest BCUT2D eigenvalue weighted by atomic mass is 35.5. The van der Waals surface area contributed by atoms with Crippen LogP contribution in [0.3, 0.4) is 0 Å². The van der Waals surface area contributed by atoms with E-state index in [1.54, 1.807) is 32.9 Å². The molecule has 7 nitrogen and oxygen atoms in total. The van der Waals surface area contributed by atoms with E-state index in [1.807, 2.05) is 6.08 Å². The molecule has 2 aromatic carbocycles. The van der Waals surface area contributed by atoms with Crippen LogP contribution in [-0.4, -0.2) is 49.9 Å². The fourth-order valence-electron chi connectivity index (χ4n) is 7.31. The van der Waals surface area contributed by atoms with E-state index in [1.165, 1.54) is 17.0 Å². The lowest BCUT2D eigenvalue weighted by Gasteiger charge is -2.50. The number of phenols is 1. The van der Waals surface area contributed by atoms with Gasteiger partial charge in [0.05, 0.1) is 17.5 Å². The minimum Gasteiger partial charge on any atom is -0.507 e. The number of phenolic OH excluding ortho intramolecular Hbond substituents is 1. The maximum atomic E-state index is 14.3. The number of amides is 4. The summed E-state index contributed by atoms with van der Waals surface area (Å²) >= 11 is 14.6. The third-order valence-corrected chi connectivity index (χ3v) is 10.6. The normalized spacial score (nSPS) is 33.2. The van der Waals surface area contributed by atoms with Crippen molar-refractivity contribution in [2.45, 2.75) is 49.3 Å². The molecule has 0 aromatic heterocycles. The number of aryl methyl sites for hydroxylation is 2. The van der Waals surface area contributed by atoms with Gasteiger partial charge in [0, 0.05) is 12.5 Å². The molecule has 2 aromatic rings. The number of halogens is 3. The van der Waals surface area contributed by atoms with Gasteiger partial charge >= 0.3 is 0 Å². The van der Waals surface area contributed by atoms with E-state index in [2.05, 4.69) is 0 Å². The molecular formula is C30H27Cl2FN2O5. The summed E-state index contributed by atoms with van der Waals surface area (Å²) in [6.45, 7) is 5.40. The first-order chi connectivity index (χ1) is 18.9. The second-order valence-corrected chi connectivity index (χ2v) is 12.4. The summed E-state index contributed by atoms with van der Waals surface area (Å²) in [5, 5.41) is 10.5. The number of benzene rings is 2. The Kier molecular flexibility index (Phi) is 5.99. The van der Waals surface area contributed by atoms with Crippen LogP contribution < -0.4 is 4.90 Å². The molecule has 40 heavy (non-hydrogen) atoms. The Morgan fingerprint density at radius 1 is 0.975 bits per heavy atom. The van der Waals surface area contributed by atoms with Crippen LogP contribution in [0.25, 0.3) is 0 Å². The fraction of sp³-hybridized carbons (Fsp3) is 0.400. The second-order valence-electron chi connectivity index (χ2n) is 11.2. The Balaban J connectivity index is 1.59. The number of hydrogen-bond donors (Lipinski definition) is 1. The van der Waals surface area contributed by atoms with Gasteiger partial charge in [-0.2, -0.15) is 0 Å². The highest BCUT2D eigenvalue weighted by Crippen LogP contribution is 2.66. The first-order valence-electron chi connectivity index (χ1n) is 13.2. The largest absolute Gasteiger partial charge is 0.507 e. The summed E-state index contributed by atoms with van der Waals surface area (Å²) in [5.74, 6) is -5.43. The van der Waals surface area contributed by atoms with Crippen molar-refractivity contribution in [3.63, 3.8) is 0 Å². The Hall–Kier alpha value is -3.23. The third-order valence-electron chi connectivity index (χ3n) is 9.15. The number of carbonyl (C=O) groups excluding carboxylic acids is 4. The van der Waals surface area contributed by atoms with Crippen molar-refractivity contribution < 1.29 is 28.7 Å². The Labute approximate surface area is 240 Å². The number of likely N-dealkylation sites (tertiary alicyclic amines) is 1. The molecule has 0 spiro atoms. The van der Waals surface area contributed by atoms with Crippen molar-refractivity contribution in [3.8, 4) is 5.75 Å². The van der Waals surface area contributed by atoms with Gasteiger partial charge in [-0.25, -0.2) is 9.29 Å². The van der Waals surface area contributed by atoms with Crippen molar-refractivity contribution in [3.05, 3.63) is 70.6 Å². The topological polar surface area (TPSA) is 95.0 Å². The molecule has 2 aliphatic heterocycles. The number of anilines is 1. The van der Waals surface area contributed by atoms with E-state index in [0.29, 0.717) is 22.3 Å². The first kappa shape index (κ1) is 27.0. The van der Waals surface area contributed by atoms with Crippen LogP contribution in [0.5, 0.6) is 5.75 Å². The molecule has 6 atom stereocenters. The van der Waals surface area contributed by atoms with Gasteiger partial charge in [-0.15, -0.1) is 23.2 Å². The zero-order chi connectivity index (χ0) is 28.9. The van der Waals surface area contributed by atoms with Gasteiger partial charge < -0.3 is 5.11 Å². The molecule has 3 fully saturated rings. The third kappa shape index (κ3) is 3.29. The second kappa shape index (κ2) is 8.88. The lowest BCUT2D eigenvalue weighted by atomic mass is 9.56. The zero-order valence-electron chi connectivity index (χ0n) is 22.1. The van der Waals surface area contributed by atoms with E-state index < -0.39 is 51.1 Å². The van der Waals surface area contributed by atoms with E-state index in [0.717, 1.165) is 17.0 Å². The number of fused-ring (bicyclic) bond motifs is 4. The highest BCUT2D eigenvalue weighted by molar-refractivity contribution is 6.58. The first-order valence-corrected chi connectivity index (χ1v) is 14.0. The van der Waals surface area contributed by atoms with Crippen molar-refractivity contribution in [1.29, 1.82) is 0 Å². The van der Waals surface area contributed by atoms with Crippen molar-refractivity contribution in [1.82, 2.24) is 4.90 Å². The van der Waals surface area contributed by atoms with E-state index in [4.69, 9.17) is 23.2 Å². The summed E-state index contributed by atoms with van der Waals surface area (Å²) < 4.78 is 13.7. The molecular weight excluding hydrogens is 558 g/mol. The molecule has 4 amide bonds. The van der Waals surface area contributed by atoms with E-state index in [-0.39, 0.29) is 42.6 Å². The molecule has 0 radical (unpaired) electrons. The van der Waals surface area contributed by atoms with Crippen LogP contribution in [0.4, 0.5) is 10.1 Å². The minimum absolute atomic E-state index is 0.0893. The number of nitrogens with zero attached hydrogens (tertiary/aromatic N) is 2. The molecule has 6 unspecified atom stereocenters. The SMILES string of the molecule is CCN1C(=O)C2CC=C3C(CC4(Cl)C(=O)N(c5ccc(F)cc5)C(=O)C4(Cl)C3c3cc(C)c(O)c(C)c3)C2C1=O. The van der Waals surface area contributed by atoms with Gasteiger partial charge in [0.25, 0.3) is 11.8 Å². The molecule has 2 aliphatic carbocycles. The predicted molar refractivity (Wildman–Crippen MR) is 147 cm³/mol. The molecule has 2 saturated heterocycles. The zero-order valence-corrected chi connectivity index (χ0v) is 23.6. The van der Waals surface area contributed by atoms with Crippen molar-refractivity contribution in [2.24, 2.45) is 17.8 Å². The summed E-state index contributed by atoms with van der Waals surface area (Å²) in [6, 6.07) is 8.32. The number of aromatic hydroxyl groups is 1. The van der Waals surface area contributed by atoms with Gasteiger partial charge in [-0.3, -0.25) is 24.1 Å². The molecule has 1 N–H and O–H groups in total. The molecule has 0 bridgehead atoms. The standard InChI is InChI=1S/C30H27Cl2FN2O5/c1-4-34-25(37)20-10-9-19-21(22(20)26(34)38)13-29(31)27(39)35(18-7-5-17(33)6-8-18)28(40)30(29,32)23(19)16-11-14(2)24(36)15(3)12-16/h5-9,11-12,20-23,36H,4,10,13H2,1-3H3. The average molecular weight is 585 g/mol. The van der Waals surface area contributed by atoms with Crippen LogP contribution in [-0.2, 0) is 19.2 Å². The molecule has 2 heterocycles. The van der Waals surface area contributed by atoms with Gasteiger partial charge in [0.1, 0.15) is 11.6 Å². The molecule has 6 rings (SSSR count). The maximum absolute atomic E-state index is 14.3.